The molecule has 0 saturated heterocycles. The van der Waals surface area contributed by atoms with Crippen LogP contribution >= 0.6 is 23.2 Å². The molecule has 1 aromatic carbocycles. The molecule has 0 amide bonds. The highest BCUT2D eigenvalue weighted by atomic mass is 35.5. The zero-order valence-corrected chi connectivity index (χ0v) is 14.6. The van der Waals surface area contributed by atoms with Crippen LogP contribution in [0.25, 0.3) is 0 Å². The number of rotatable bonds is 5. The Morgan fingerprint density at radius 2 is 2.14 bits per heavy atom. The van der Waals surface area contributed by atoms with E-state index >= 15 is 0 Å². The lowest BCUT2D eigenvalue weighted by molar-refractivity contribution is -0.100. The van der Waals surface area contributed by atoms with Gasteiger partial charge in [0.1, 0.15) is 0 Å². The summed E-state index contributed by atoms with van der Waals surface area (Å²) in [6.45, 7) is 5.11. The Bertz CT molecular complexity index is 476. The molecule has 1 aromatic rings. The summed E-state index contributed by atoms with van der Waals surface area (Å²) in [6, 6.07) is 6.02. The third-order valence-electron chi connectivity index (χ3n) is 4.51. The summed E-state index contributed by atoms with van der Waals surface area (Å²) in [7, 11) is 1.99. The van der Waals surface area contributed by atoms with E-state index in [-0.39, 0.29) is 11.6 Å². The monoisotopic (exact) mass is 329 g/mol. The first-order valence-corrected chi connectivity index (χ1v) is 8.54. The number of hydrogen-bond acceptors (Lipinski definition) is 2. The molecule has 1 saturated carbocycles. The van der Waals surface area contributed by atoms with Crippen molar-refractivity contribution < 1.29 is 4.74 Å². The van der Waals surface area contributed by atoms with Gasteiger partial charge in [-0.25, -0.2) is 0 Å². The van der Waals surface area contributed by atoms with E-state index in [2.05, 4.69) is 25.2 Å². The van der Waals surface area contributed by atoms with Crippen molar-refractivity contribution in [3.63, 3.8) is 0 Å². The Kier molecular flexibility index (Phi) is 5.96. The molecule has 0 bridgehead atoms. The SMILES string of the molecule is CCOC1(C(NC)c2ccc(Cl)c(Cl)c2)CCCC(C)C1. The first kappa shape index (κ1) is 17.1. The minimum absolute atomic E-state index is 0.134. The van der Waals surface area contributed by atoms with Gasteiger partial charge in [0.05, 0.1) is 21.7 Å². The molecule has 1 aliphatic carbocycles. The molecule has 3 unspecified atom stereocenters. The van der Waals surface area contributed by atoms with Gasteiger partial charge in [0.15, 0.2) is 0 Å². The maximum absolute atomic E-state index is 6.28. The summed E-state index contributed by atoms with van der Waals surface area (Å²) in [5, 5.41) is 4.65. The molecular formula is C17H25Cl2NO. The van der Waals surface area contributed by atoms with Crippen LogP contribution in [-0.2, 0) is 4.74 Å². The van der Waals surface area contributed by atoms with Gasteiger partial charge < -0.3 is 10.1 Å². The topological polar surface area (TPSA) is 21.3 Å². The van der Waals surface area contributed by atoms with Crippen LogP contribution in [0.5, 0.6) is 0 Å². The smallest absolute Gasteiger partial charge is 0.0878 e. The van der Waals surface area contributed by atoms with E-state index < -0.39 is 0 Å². The van der Waals surface area contributed by atoms with Crippen molar-refractivity contribution in [1.82, 2.24) is 5.32 Å². The van der Waals surface area contributed by atoms with Crippen molar-refractivity contribution in [2.75, 3.05) is 13.7 Å². The average Bonchev–Trinajstić information content (AvgIpc) is 2.44. The normalized spacial score (nSPS) is 27.6. The summed E-state index contributed by atoms with van der Waals surface area (Å²) in [5.74, 6) is 0.684. The summed E-state index contributed by atoms with van der Waals surface area (Å²) in [4.78, 5) is 0. The summed E-state index contributed by atoms with van der Waals surface area (Å²) in [6.07, 6.45) is 4.65. The zero-order chi connectivity index (χ0) is 15.5. The molecule has 2 nitrogen and oxygen atoms in total. The molecule has 2 rings (SSSR count). The van der Waals surface area contributed by atoms with E-state index in [0.29, 0.717) is 16.0 Å². The predicted octanol–water partition coefficient (Wildman–Crippen LogP) is 5.24. The first-order valence-electron chi connectivity index (χ1n) is 7.78. The van der Waals surface area contributed by atoms with E-state index in [1.165, 1.54) is 12.8 Å². The van der Waals surface area contributed by atoms with Crippen molar-refractivity contribution >= 4 is 23.2 Å². The van der Waals surface area contributed by atoms with Crippen LogP contribution in [0.4, 0.5) is 0 Å². The summed E-state index contributed by atoms with van der Waals surface area (Å²) < 4.78 is 6.28. The highest BCUT2D eigenvalue weighted by Gasteiger charge is 2.42. The molecule has 21 heavy (non-hydrogen) atoms. The van der Waals surface area contributed by atoms with E-state index in [4.69, 9.17) is 27.9 Å². The number of hydrogen-bond donors (Lipinski definition) is 1. The van der Waals surface area contributed by atoms with Crippen LogP contribution in [0, 0.1) is 5.92 Å². The Morgan fingerprint density at radius 1 is 1.38 bits per heavy atom. The lowest BCUT2D eigenvalue weighted by atomic mass is 9.72. The number of nitrogens with one attached hydrogen (secondary N) is 1. The van der Waals surface area contributed by atoms with Crippen LogP contribution in [0.15, 0.2) is 18.2 Å². The second-order valence-electron chi connectivity index (χ2n) is 6.09. The van der Waals surface area contributed by atoms with E-state index in [0.717, 1.165) is 25.0 Å². The van der Waals surface area contributed by atoms with Gasteiger partial charge >= 0.3 is 0 Å². The lowest BCUT2D eigenvalue weighted by Crippen LogP contribution is -2.48. The fraction of sp³-hybridized carbons (Fsp3) is 0.647. The first-order chi connectivity index (χ1) is 10.0. The predicted molar refractivity (Wildman–Crippen MR) is 90.3 cm³/mol. The Morgan fingerprint density at radius 3 is 2.71 bits per heavy atom. The molecule has 1 N–H and O–H groups in total. The molecule has 0 aromatic heterocycles. The molecule has 0 radical (unpaired) electrons. The van der Waals surface area contributed by atoms with Gasteiger partial charge in [-0.15, -0.1) is 0 Å². The third kappa shape index (κ3) is 3.73. The summed E-state index contributed by atoms with van der Waals surface area (Å²) in [5.41, 5.74) is 0.993. The molecule has 1 fully saturated rings. The van der Waals surface area contributed by atoms with Crippen molar-refractivity contribution in [3.05, 3.63) is 33.8 Å². The third-order valence-corrected chi connectivity index (χ3v) is 5.25. The van der Waals surface area contributed by atoms with Gasteiger partial charge in [0, 0.05) is 6.61 Å². The Hall–Kier alpha value is -0.280. The zero-order valence-electron chi connectivity index (χ0n) is 13.1. The second-order valence-corrected chi connectivity index (χ2v) is 6.91. The number of benzene rings is 1. The molecule has 0 spiro atoms. The van der Waals surface area contributed by atoms with Crippen molar-refractivity contribution in [2.24, 2.45) is 5.92 Å². The maximum atomic E-state index is 6.28. The number of halogens is 2. The minimum Gasteiger partial charge on any atom is -0.373 e. The minimum atomic E-state index is -0.154. The van der Waals surface area contributed by atoms with Crippen LogP contribution < -0.4 is 5.32 Å². The highest BCUT2D eigenvalue weighted by Crippen LogP contribution is 2.44. The summed E-state index contributed by atoms with van der Waals surface area (Å²) >= 11 is 12.3. The highest BCUT2D eigenvalue weighted by molar-refractivity contribution is 6.42. The molecular weight excluding hydrogens is 305 g/mol. The molecule has 118 valence electrons. The molecule has 1 aliphatic rings. The molecule has 0 heterocycles. The lowest BCUT2D eigenvalue weighted by Gasteiger charge is -2.45. The molecule has 0 aliphatic heterocycles. The molecule has 3 atom stereocenters. The van der Waals surface area contributed by atoms with Gasteiger partial charge in [-0.1, -0.05) is 49.0 Å². The van der Waals surface area contributed by atoms with Gasteiger partial charge in [-0.2, -0.15) is 0 Å². The second kappa shape index (κ2) is 7.32. The maximum Gasteiger partial charge on any atom is 0.0878 e. The molecule has 4 heteroatoms. The van der Waals surface area contributed by atoms with Crippen LogP contribution in [0.1, 0.15) is 51.1 Å². The van der Waals surface area contributed by atoms with Gasteiger partial charge in [-0.05, 0) is 50.4 Å². The fourth-order valence-corrected chi connectivity index (χ4v) is 4.04. The van der Waals surface area contributed by atoms with E-state index in [1.54, 1.807) is 0 Å². The van der Waals surface area contributed by atoms with Crippen molar-refractivity contribution in [1.29, 1.82) is 0 Å². The standard InChI is InChI=1S/C17H25Cl2NO/c1-4-21-17(9-5-6-12(2)11-17)16(20-3)13-7-8-14(18)15(19)10-13/h7-8,10,12,16,20H,4-6,9,11H2,1-3H3. The number of ether oxygens (including phenoxy) is 1. The Balaban J connectivity index is 2.37. The van der Waals surface area contributed by atoms with Gasteiger partial charge in [-0.3, -0.25) is 0 Å². The van der Waals surface area contributed by atoms with E-state index in [1.807, 2.05) is 19.2 Å². The van der Waals surface area contributed by atoms with Crippen molar-refractivity contribution in [3.8, 4) is 0 Å². The fourth-order valence-electron chi connectivity index (χ4n) is 3.73. The average molecular weight is 330 g/mol. The van der Waals surface area contributed by atoms with Gasteiger partial charge in [0.25, 0.3) is 0 Å². The largest absolute Gasteiger partial charge is 0.373 e. The van der Waals surface area contributed by atoms with E-state index in [9.17, 15) is 0 Å². The number of likely N-dealkylation sites (N-methyl/N-ethyl adjacent to an activating group) is 1. The Labute approximate surface area is 138 Å². The van der Waals surface area contributed by atoms with Crippen LogP contribution in [0.2, 0.25) is 10.0 Å². The quantitative estimate of drug-likeness (QED) is 0.797. The van der Waals surface area contributed by atoms with Crippen LogP contribution in [0.3, 0.4) is 0 Å². The van der Waals surface area contributed by atoms with Gasteiger partial charge in [0.2, 0.25) is 0 Å². The van der Waals surface area contributed by atoms with Crippen molar-refractivity contribution in [2.45, 2.75) is 51.2 Å². The van der Waals surface area contributed by atoms with Crippen LogP contribution in [-0.4, -0.2) is 19.3 Å².